The van der Waals surface area contributed by atoms with E-state index in [1.54, 1.807) is 41.0 Å². The van der Waals surface area contributed by atoms with Crippen molar-refractivity contribution in [2.45, 2.75) is 24.0 Å². The van der Waals surface area contributed by atoms with Crippen LogP contribution in [0.3, 0.4) is 0 Å². The van der Waals surface area contributed by atoms with Crippen molar-refractivity contribution in [3.05, 3.63) is 70.8 Å². The summed E-state index contributed by atoms with van der Waals surface area (Å²) in [5.74, 6) is -0.318. The van der Waals surface area contributed by atoms with Gasteiger partial charge in [-0.25, -0.2) is 9.18 Å². The lowest BCUT2D eigenvalue weighted by Gasteiger charge is -2.23. The molecule has 2 aromatic carbocycles. The lowest BCUT2D eigenvalue weighted by Crippen LogP contribution is -2.53. The molecule has 1 saturated heterocycles. The van der Waals surface area contributed by atoms with Crippen molar-refractivity contribution in [1.29, 1.82) is 0 Å². The van der Waals surface area contributed by atoms with E-state index in [-0.39, 0.29) is 30.3 Å². The molecule has 2 heterocycles. The van der Waals surface area contributed by atoms with Gasteiger partial charge >= 0.3 is 6.03 Å². The number of urea groups is 1. The molecule has 3 aromatic rings. The van der Waals surface area contributed by atoms with Crippen LogP contribution in [-0.2, 0) is 11.2 Å². The van der Waals surface area contributed by atoms with E-state index in [1.807, 2.05) is 0 Å². The maximum absolute atomic E-state index is 13.5. The minimum Gasteiger partial charge on any atom is -0.334 e. The number of rotatable bonds is 7. The van der Waals surface area contributed by atoms with Gasteiger partial charge in [-0.3, -0.25) is 19.5 Å². The molecule has 0 radical (unpaired) electrons. The number of hydrogen-bond donors (Lipinski definition) is 2. The van der Waals surface area contributed by atoms with Crippen LogP contribution in [0.15, 0.2) is 53.7 Å². The van der Waals surface area contributed by atoms with Crippen LogP contribution in [0.4, 0.5) is 9.18 Å². The Balaban J connectivity index is 1.58. The van der Waals surface area contributed by atoms with Gasteiger partial charge in [0, 0.05) is 35.2 Å². The fraction of sp³-hybridized carbons (Fsp3) is 0.190. The van der Waals surface area contributed by atoms with Gasteiger partial charge in [-0.1, -0.05) is 23.4 Å². The summed E-state index contributed by atoms with van der Waals surface area (Å²) in [5, 5.41) is 14.2. The molecule has 8 nitrogen and oxygen atoms in total. The maximum Gasteiger partial charge on any atom is 0.321 e. The number of ketones is 1. The first kappa shape index (κ1) is 22.0. The molecule has 164 valence electrons. The molecular weight excluding hydrogens is 457 g/mol. The number of thioether (sulfide) groups is 1. The Morgan fingerprint density at radius 3 is 2.53 bits per heavy atom. The summed E-state index contributed by atoms with van der Waals surface area (Å²) in [5.41, 5.74) is 1.12. The molecule has 1 aliphatic heterocycles. The summed E-state index contributed by atoms with van der Waals surface area (Å²) in [4.78, 5) is 35.9. The average Bonchev–Trinajstić information content (AvgIpc) is 3.14. The zero-order valence-electron chi connectivity index (χ0n) is 16.5. The van der Waals surface area contributed by atoms with E-state index in [2.05, 4.69) is 20.8 Å². The summed E-state index contributed by atoms with van der Waals surface area (Å²) in [6.07, 6.45) is 0.328. The highest BCUT2D eigenvalue weighted by atomic mass is 35.5. The second-order valence-electron chi connectivity index (χ2n) is 7.06. The summed E-state index contributed by atoms with van der Waals surface area (Å²) in [6.45, 7) is 0. The van der Waals surface area contributed by atoms with E-state index in [4.69, 9.17) is 11.6 Å². The number of Topliss-reactive ketones (excluding diaryl/α,β-unsaturated/α-hetero) is 1. The number of halogens is 2. The van der Waals surface area contributed by atoms with Crippen LogP contribution in [0.2, 0.25) is 5.02 Å². The third kappa shape index (κ3) is 5.14. The Kier molecular flexibility index (Phi) is 6.52. The molecular formula is C21H17ClFN5O3S. The molecule has 1 aromatic heterocycles. The van der Waals surface area contributed by atoms with Crippen molar-refractivity contribution in [1.82, 2.24) is 25.4 Å². The molecule has 0 bridgehead atoms. The van der Waals surface area contributed by atoms with Crippen LogP contribution >= 0.6 is 23.4 Å². The fourth-order valence-electron chi connectivity index (χ4n) is 3.24. The van der Waals surface area contributed by atoms with Gasteiger partial charge in [-0.15, -0.1) is 10.2 Å². The lowest BCUT2D eigenvalue weighted by atomic mass is 10.1. The van der Waals surface area contributed by atoms with E-state index in [0.717, 1.165) is 0 Å². The minimum absolute atomic E-state index is 0.0968. The molecule has 11 heteroatoms. The highest BCUT2D eigenvalue weighted by Crippen LogP contribution is 2.25. The third-order valence-corrected chi connectivity index (χ3v) is 5.91. The molecule has 32 heavy (non-hydrogen) atoms. The monoisotopic (exact) mass is 473 g/mol. The van der Waals surface area contributed by atoms with Crippen LogP contribution in [0.1, 0.15) is 22.6 Å². The van der Waals surface area contributed by atoms with Gasteiger partial charge in [-0.05, 0) is 48.5 Å². The minimum atomic E-state index is -0.567. The number of carbonyl (C=O) groups excluding carboxylic acids is 3. The predicted molar refractivity (Wildman–Crippen MR) is 117 cm³/mol. The van der Waals surface area contributed by atoms with Crippen LogP contribution in [0.5, 0.6) is 0 Å². The standard InChI is InChI=1S/C21H17ClFN5O3S/c22-13-3-1-12(2-4-13)17(29)11-32-21-27-26-18(9-15-10-19(30)25-20(31)24-15)28(21)16-7-5-14(23)6-8-16/h1-8,15H,9-11H2,(H2,24,25,30,31). The number of carbonyl (C=O) groups is 3. The maximum atomic E-state index is 13.5. The smallest absolute Gasteiger partial charge is 0.321 e. The van der Waals surface area contributed by atoms with E-state index >= 15 is 0 Å². The van der Waals surface area contributed by atoms with Crippen molar-refractivity contribution in [2.24, 2.45) is 0 Å². The van der Waals surface area contributed by atoms with E-state index in [1.165, 1.54) is 23.9 Å². The molecule has 4 rings (SSSR count). The first-order valence-corrected chi connectivity index (χ1v) is 11.0. The SMILES string of the molecule is O=C1CC(Cc2nnc(SCC(=O)c3ccc(Cl)cc3)n2-c2ccc(F)cc2)NC(=O)N1. The molecule has 3 amide bonds. The Morgan fingerprint density at radius 2 is 1.84 bits per heavy atom. The molecule has 1 unspecified atom stereocenters. The number of hydrogen-bond acceptors (Lipinski definition) is 6. The first-order chi connectivity index (χ1) is 15.4. The molecule has 0 aliphatic carbocycles. The van der Waals surface area contributed by atoms with Crippen LogP contribution < -0.4 is 10.6 Å². The number of nitrogens with one attached hydrogen (secondary N) is 2. The van der Waals surface area contributed by atoms with Gasteiger partial charge in [0.1, 0.15) is 11.6 Å². The summed E-state index contributed by atoms with van der Waals surface area (Å²) < 4.78 is 15.2. The Morgan fingerprint density at radius 1 is 1.12 bits per heavy atom. The Labute approximate surface area is 191 Å². The van der Waals surface area contributed by atoms with Gasteiger partial charge in [0.15, 0.2) is 10.9 Å². The highest BCUT2D eigenvalue weighted by Gasteiger charge is 2.27. The zero-order chi connectivity index (χ0) is 22.7. The molecule has 1 atom stereocenters. The fourth-order valence-corrected chi connectivity index (χ4v) is 4.23. The Hall–Kier alpha value is -3.24. The topological polar surface area (TPSA) is 106 Å². The quantitative estimate of drug-likeness (QED) is 0.403. The van der Waals surface area contributed by atoms with Crippen molar-refractivity contribution in [2.75, 3.05) is 5.75 Å². The summed E-state index contributed by atoms with van der Waals surface area (Å²) >= 11 is 7.06. The van der Waals surface area contributed by atoms with Gasteiger partial charge in [0.05, 0.1) is 5.75 Å². The second kappa shape index (κ2) is 9.49. The van der Waals surface area contributed by atoms with E-state index in [0.29, 0.717) is 27.3 Å². The largest absolute Gasteiger partial charge is 0.334 e. The molecule has 0 spiro atoms. The van der Waals surface area contributed by atoms with Crippen molar-refractivity contribution in [3.8, 4) is 5.69 Å². The van der Waals surface area contributed by atoms with Gasteiger partial charge in [-0.2, -0.15) is 0 Å². The Bertz CT molecular complexity index is 1150. The predicted octanol–water partition coefficient (Wildman–Crippen LogP) is 3.18. The number of aromatic nitrogens is 3. The van der Waals surface area contributed by atoms with E-state index in [9.17, 15) is 18.8 Å². The molecule has 1 fully saturated rings. The normalized spacial score (nSPS) is 15.9. The van der Waals surface area contributed by atoms with Crippen molar-refractivity contribution in [3.63, 3.8) is 0 Å². The van der Waals surface area contributed by atoms with Crippen molar-refractivity contribution >= 4 is 41.1 Å². The van der Waals surface area contributed by atoms with Crippen molar-refractivity contribution < 1.29 is 18.8 Å². The van der Waals surface area contributed by atoms with E-state index < -0.39 is 17.9 Å². The van der Waals surface area contributed by atoms with Crippen LogP contribution in [0, 0.1) is 5.82 Å². The first-order valence-electron chi connectivity index (χ1n) is 9.61. The summed E-state index contributed by atoms with van der Waals surface area (Å²) in [6, 6.07) is 11.3. The third-order valence-electron chi connectivity index (χ3n) is 4.73. The summed E-state index contributed by atoms with van der Waals surface area (Å²) in [7, 11) is 0. The number of nitrogens with zero attached hydrogens (tertiary/aromatic N) is 3. The zero-order valence-corrected chi connectivity index (χ0v) is 18.1. The van der Waals surface area contributed by atoms with Gasteiger partial charge < -0.3 is 5.32 Å². The highest BCUT2D eigenvalue weighted by molar-refractivity contribution is 7.99. The average molecular weight is 474 g/mol. The molecule has 0 saturated carbocycles. The van der Waals surface area contributed by atoms with Gasteiger partial charge in [0.25, 0.3) is 0 Å². The second-order valence-corrected chi connectivity index (χ2v) is 8.44. The van der Waals surface area contributed by atoms with Crippen LogP contribution in [-0.4, -0.2) is 44.3 Å². The number of benzene rings is 2. The molecule has 1 aliphatic rings. The number of amides is 3. The van der Waals surface area contributed by atoms with Crippen LogP contribution in [0.25, 0.3) is 5.69 Å². The molecule has 2 N–H and O–H groups in total. The number of imide groups is 1. The lowest BCUT2D eigenvalue weighted by molar-refractivity contribution is -0.121. The van der Waals surface area contributed by atoms with Gasteiger partial charge in [0.2, 0.25) is 5.91 Å².